The summed E-state index contributed by atoms with van der Waals surface area (Å²) in [6, 6.07) is 11.0. The zero-order valence-corrected chi connectivity index (χ0v) is 15.2. The normalized spacial score (nSPS) is 12.3. The Morgan fingerprint density at radius 1 is 1.04 bits per heavy atom. The van der Waals surface area contributed by atoms with Crippen LogP contribution in [0.4, 0.5) is 0 Å². The van der Waals surface area contributed by atoms with Gasteiger partial charge in [-0.1, -0.05) is 32.9 Å². The lowest BCUT2D eigenvalue weighted by atomic mass is 9.87. The van der Waals surface area contributed by atoms with Gasteiger partial charge in [0.15, 0.2) is 0 Å². The third-order valence-electron chi connectivity index (χ3n) is 4.01. The lowest BCUT2D eigenvalue weighted by molar-refractivity contribution is -0.120. The van der Waals surface area contributed by atoms with E-state index in [1.807, 2.05) is 31.2 Å². The third-order valence-corrected chi connectivity index (χ3v) is 4.01. The first-order valence-electron chi connectivity index (χ1n) is 8.35. The average molecular weight is 339 g/mol. The fourth-order valence-electron chi connectivity index (χ4n) is 2.41. The minimum absolute atomic E-state index is 0.0397. The lowest BCUT2D eigenvalue weighted by Gasteiger charge is -2.19. The summed E-state index contributed by atoms with van der Waals surface area (Å²) in [7, 11) is 0. The molecule has 0 saturated heterocycles. The van der Waals surface area contributed by atoms with Crippen molar-refractivity contribution < 1.29 is 9.59 Å². The van der Waals surface area contributed by atoms with Crippen molar-refractivity contribution in [3.05, 3.63) is 65.5 Å². The summed E-state index contributed by atoms with van der Waals surface area (Å²) in [6.45, 7) is 8.19. The van der Waals surface area contributed by atoms with Gasteiger partial charge in [0, 0.05) is 18.0 Å². The van der Waals surface area contributed by atoms with Gasteiger partial charge in [-0.15, -0.1) is 0 Å². The molecule has 25 heavy (non-hydrogen) atoms. The molecule has 1 aromatic heterocycles. The molecular formula is C20H25N3O2. The van der Waals surface area contributed by atoms with Gasteiger partial charge in [-0.25, -0.2) is 0 Å². The predicted molar refractivity (Wildman–Crippen MR) is 98.3 cm³/mol. The second kappa shape index (κ2) is 7.92. The molecule has 1 unspecified atom stereocenters. The molecular weight excluding hydrogens is 314 g/mol. The predicted octanol–water partition coefficient (Wildman–Crippen LogP) is 2.99. The number of benzene rings is 1. The van der Waals surface area contributed by atoms with E-state index >= 15 is 0 Å². The highest BCUT2D eigenvalue weighted by Gasteiger charge is 2.15. The number of rotatable bonds is 5. The summed E-state index contributed by atoms with van der Waals surface area (Å²) in [5, 5.41) is 5.50. The molecule has 0 aliphatic rings. The molecule has 5 nitrogen and oxygen atoms in total. The Kier molecular flexibility index (Phi) is 5.91. The number of hydrogen-bond acceptors (Lipinski definition) is 3. The number of nitrogens with zero attached hydrogens (tertiary/aromatic N) is 1. The van der Waals surface area contributed by atoms with Gasteiger partial charge in [0.2, 0.25) is 5.91 Å². The van der Waals surface area contributed by atoms with Crippen LogP contribution in [0.25, 0.3) is 0 Å². The van der Waals surface area contributed by atoms with Gasteiger partial charge in [-0.2, -0.15) is 0 Å². The van der Waals surface area contributed by atoms with Crippen molar-refractivity contribution in [1.82, 2.24) is 15.6 Å². The fraction of sp³-hybridized carbons (Fsp3) is 0.350. The highest BCUT2D eigenvalue weighted by molar-refractivity contribution is 5.96. The molecule has 5 heteroatoms. The Balaban J connectivity index is 1.86. The monoisotopic (exact) mass is 339 g/mol. The van der Waals surface area contributed by atoms with E-state index in [1.54, 1.807) is 24.5 Å². The van der Waals surface area contributed by atoms with E-state index in [1.165, 1.54) is 0 Å². The molecule has 0 radical (unpaired) electrons. The van der Waals surface area contributed by atoms with E-state index in [4.69, 9.17) is 0 Å². The molecule has 0 aliphatic carbocycles. The summed E-state index contributed by atoms with van der Waals surface area (Å²) in [6.07, 6.45) is 3.36. The third kappa shape index (κ3) is 5.41. The first kappa shape index (κ1) is 18.6. The van der Waals surface area contributed by atoms with Crippen LogP contribution in [-0.4, -0.2) is 23.3 Å². The van der Waals surface area contributed by atoms with Crippen molar-refractivity contribution in [3.8, 4) is 0 Å². The van der Waals surface area contributed by atoms with Crippen molar-refractivity contribution in [2.24, 2.45) is 0 Å². The minimum Gasteiger partial charge on any atom is -0.348 e. The van der Waals surface area contributed by atoms with Crippen LogP contribution in [-0.2, 0) is 10.2 Å². The number of nitrogens with one attached hydrogen (secondary N) is 2. The van der Waals surface area contributed by atoms with Gasteiger partial charge < -0.3 is 10.6 Å². The van der Waals surface area contributed by atoms with Gasteiger partial charge in [0.05, 0.1) is 12.6 Å². The number of pyridine rings is 1. The highest BCUT2D eigenvalue weighted by atomic mass is 16.2. The fourth-order valence-corrected chi connectivity index (χ4v) is 2.41. The Morgan fingerprint density at radius 3 is 2.20 bits per heavy atom. The Labute approximate surface area is 148 Å². The van der Waals surface area contributed by atoms with Gasteiger partial charge in [-0.3, -0.25) is 14.6 Å². The van der Waals surface area contributed by atoms with Crippen LogP contribution < -0.4 is 10.6 Å². The van der Waals surface area contributed by atoms with Crippen LogP contribution >= 0.6 is 0 Å². The summed E-state index contributed by atoms with van der Waals surface area (Å²) in [4.78, 5) is 28.1. The summed E-state index contributed by atoms with van der Waals surface area (Å²) in [5.41, 5.74) is 2.71. The smallest absolute Gasteiger partial charge is 0.251 e. The van der Waals surface area contributed by atoms with Crippen molar-refractivity contribution in [3.63, 3.8) is 0 Å². The maximum Gasteiger partial charge on any atom is 0.251 e. The van der Waals surface area contributed by atoms with Gasteiger partial charge >= 0.3 is 0 Å². The zero-order valence-electron chi connectivity index (χ0n) is 15.2. The molecule has 0 saturated carbocycles. The maximum atomic E-state index is 12.2. The molecule has 0 bridgehead atoms. The highest BCUT2D eigenvalue weighted by Crippen LogP contribution is 2.22. The number of amides is 2. The summed E-state index contributed by atoms with van der Waals surface area (Å²) < 4.78 is 0. The van der Waals surface area contributed by atoms with E-state index in [2.05, 4.69) is 36.4 Å². The van der Waals surface area contributed by atoms with E-state index in [-0.39, 0.29) is 29.8 Å². The molecule has 1 aromatic carbocycles. The number of carbonyl (C=O) groups excluding carboxylic acids is 2. The molecule has 0 aliphatic heterocycles. The molecule has 0 spiro atoms. The van der Waals surface area contributed by atoms with Crippen molar-refractivity contribution in [2.75, 3.05) is 6.54 Å². The largest absolute Gasteiger partial charge is 0.348 e. The lowest BCUT2D eigenvalue weighted by Crippen LogP contribution is -2.38. The van der Waals surface area contributed by atoms with Gasteiger partial charge in [-0.05, 0) is 47.7 Å². The van der Waals surface area contributed by atoms with Gasteiger partial charge in [0.25, 0.3) is 5.91 Å². The SMILES string of the molecule is CC(NC(=O)CNC(=O)c1ccc(C(C)(C)C)cc1)c1ccncc1. The van der Waals surface area contributed by atoms with Crippen LogP contribution in [0.15, 0.2) is 48.8 Å². The Hall–Kier alpha value is -2.69. The van der Waals surface area contributed by atoms with Gasteiger partial charge in [0.1, 0.15) is 0 Å². The number of aromatic nitrogens is 1. The molecule has 1 atom stereocenters. The van der Waals surface area contributed by atoms with E-state index < -0.39 is 0 Å². The zero-order chi connectivity index (χ0) is 18.4. The molecule has 0 fully saturated rings. The second-order valence-corrected chi connectivity index (χ2v) is 7.08. The van der Waals surface area contributed by atoms with Crippen LogP contribution in [0.1, 0.15) is 55.2 Å². The first-order chi connectivity index (χ1) is 11.8. The Bertz CT molecular complexity index is 719. The molecule has 1 heterocycles. The standard InChI is InChI=1S/C20H25N3O2/c1-14(15-9-11-21-12-10-15)23-18(24)13-22-19(25)16-5-7-17(8-6-16)20(2,3)4/h5-12,14H,13H2,1-4H3,(H,22,25)(H,23,24). The molecule has 2 rings (SSSR count). The van der Waals surface area contributed by atoms with Crippen molar-refractivity contribution in [2.45, 2.75) is 39.2 Å². The van der Waals surface area contributed by atoms with Crippen LogP contribution in [0.5, 0.6) is 0 Å². The van der Waals surface area contributed by atoms with E-state index in [0.29, 0.717) is 5.56 Å². The van der Waals surface area contributed by atoms with Crippen LogP contribution in [0.3, 0.4) is 0 Å². The second-order valence-electron chi connectivity index (χ2n) is 7.08. The van der Waals surface area contributed by atoms with E-state index in [9.17, 15) is 9.59 Å². The topological polar surface area (TPSA) is 71.1 Å². The average Bonchev–Trinajstić information content (AvgIpc) is 2.59. The maximum absolute atomic E-state index is 12.2. The quantitative estimate of drug-likeness (QED) is 0.880. The minimum atomic E-state index is -0.257. The molecule has 132 valence electrons. The molecule has 2 amide bonds. The van der Waals surface area contributed by atoms with Crippen molar-refractivity contribution >= 4 is 11.8 Å². The number of hydrogen-bond donors (Lipinski definition) is 2. The molecule has 2 N–H and O–H groups in total. The van der Waals surface area contributed by atoms with Crippen LogP contribution in [0.2, 0.25) is 0 Å². The summed E-state index contributed by atoms with van der Waals surface area (Å²) in [5.74, 6) is -0.490. The van der Waals surface area contributed by atoms with E-state index in [0.717, 1.165) is 11.1 Å². The summed E-state index contributed by atoms with van der Waals surface area (Å²) >= 11 is 0. The number of carbonyl (C=O) groups is 2. The molecule has 2 aromatic rings. The Morgan fingerprint density at radius 2 is 1.64 bits per heavy atom. The van der Waals surface area contributed by atoms with Crippen LogP contribution in [0, 0.1) is 0 Å². The van der Waals surface area contributed by atoms with Crippen molar-refractivity contribution in [1.29, 1.82) is 0 Å². The first-order valence-corrected chi connectivity index (χ1v) is 8.35.